The van der Waals surface area contributed by atoms with Gasteiger partial charge in [-0.3, -0.25) is 4.79 Å². The maximum absolute atomic E-state index is 11.7. The summed E-state index contributed by atoms with van der Waals surface area (Å²) in [4.78, 5) is 13.2. The van der Waals surface area contributed by atoms with E-state index in [1.807, 2.05) is 0 Å². The van der Waals surface area contributed by atoms with Crippen molar-refractivity contribution in [2.75, 3.05) is 14.1 Å². The van der Waals surface area contributed by atoms with Crippen LogP contribution in [0.5, 0.6) is 0 Å². The number of hydrogen-bond donors (Lipinski definition) is 0. The second-order valence-electron chi connectivity index (χ2n) is 2.95. The Kier molecular flexibility index (Phi) is 3.98. The molecule has 14 heavy (non-hydrogen) atoms. The van der Waals surface area contributed by atoms with Gasteiger partial charge in [0.15, 0.2) is 0 Å². The first kappa shape index (κ1) is 12.0. The van der Waals surface area contributed by atoms with Crippen LogP contribution < -0.4 is 0 Å². The molecule has 0 N–H and O–H groups in total. The third kappa shape index (κ3) is 2.49. The molecule has 0 aliphatic carbocycles. The summed E-state index contributed by atoms with van der Waals surface area (Å²) in [5, 5.41) is 0.437. The first-order chi connectivity index (χ1) is 6.43. The van der Waals surface area contributed by atoms with Crippen molar-refractivity contribution >= 4 is 49.4 Å². The lowest BCUT2D eigenvalue weighted by molar-refractivity contribution is 0.0827. The van der Waals surface area contributed by atoms with Gasteiger partial charge in [0.25, 0.3) is 5.91 Å². The Morgan fingerprint density at radius 1 is 1.36 bits per heavy atom. The Hall–Kier alpha value is -0.0600. The highest BCUT2D eigenvalue weighted by Gasteiger charge is 2.15. The van der Waals surface area contributed by atoms with Gasteiger partial charge >= 0.3 is 0 Å². The van der Waals surface area contributed by atoms with Crippen molar-refractivity contribution in [1.82, 2.24) is 4.90 Å². The number of amides is 1. The van der Waals surface area contributed by atoms with E-state index in [1.54, 1.807) is 26.2 Å². The van der Waals surface area contributed by atoms with Gasteiger partial charge in [0.05, 0.1) is 10.6 Å². The van der Waals surface area contributed by atoms with Crippen LogP contribution in [0, 0.1) is 0 Å². The van der Waals surface area contributed by atoms with Crippen molar-refractivity contribution in [3.8, 4) is 0 Å². The molecule has 0 heterocycles. The molecule has 76 valence electrons. The summed E-state index contributed by atoms with van der Waals surface area (Å²) in [6, 6.07) is 3.50. The smallest absolute Gasteiger partial charge is 0.254 e. The average Bonchev–Trinajstić information content (AvgIpc) is 2.09. The van der Waals surface area contributed by atoms with Crippen LogP contribution in [-0.2, 0) is 0 Å². The minimum Gasteiger partial charge on any atom is -0.345 e. The standard InChI is InChI=1S/C9H8Br2ClNO/c1-13(2)9(14)6-3-5(10)4-7(11)8(6)12/h3-4H,1-2H3. The fourth-order valence-electron chi connectivity index (χ4n) is 0.953. The van der Waals surface area contributed by atoms with E-state index >= 15 is 0 Å². The highest BCUT2D eigenvalue weighted by molar-refractivity contribution is 9.11. The predicted molar refractivity (Wildman–Crippen MR) is 64.9 cm³/mol. The molecule has 0 unspecified atom stereocenters. The Labute approximate surface area is 104 Å². The molecule has 2 nitrogen and oxygen atoms in total. The largest absolute Gasteiger partial charge is 0.345 e. The van der Waals surface area contributed by atoms with Gasteiger partial charge in [0.2, 0.25) is 0 Å². The quantitative estimate of drug-likeness (QED) is 0.715. The van der Waals surface area contributed by atoms with Crippen LogP contribution in [-0.4, -0.2) is 24.9 Å². The minimum absolute atomic E-state index is 0.114. The van der Waals surface area contributed by atoms with Crippen molar-refractivity contribution in [1.29, 1.82) is 0 Å². The summed E-state index contributed by atoms with van der Waals surface area (Å²) >= 11 is 12.6. The molecule has 1 rings (SSSR count). The molecule has 0 fully saturated rings. The van der Waals surface area contributed by atoms with Gasteiger partial charge in [0.1, 0.15) is 0 Å². The van der Waals surface area contributed by atoms with Gasteiger partial charge in [-0.05, 0) is 28.1 Å². The molecule has 0 spiro atoms. The SMILES string of the molecule is CN(C)C(=O)c1cc(Br)cc(Br)c1Cl. The third-order valence-electron chi connectivity index (χ3n) is 1.63. The predicted octanol–water partition coefficient (Wildman–Crippen LogP) is 3.57. The molecule has 0 aromatic heterocycles. The molecule has 0 aliphatic heterocycles. The summed E-state index contributed by atoms with van der Waals surface area (Å²) < 4.78 is 1.53. The summed E-state index contributed by atoms with van der Waals surface area (Å²) in [7, 11) is 3.38. The van der Waals surface area contributed by atoms with Crippen LogP contribution in [0.1, 0.15) is 10.4 Å². The fourth-order valence-corrected chi connectivity index (χ4v) is 2.37. The number of carbonyl (C=O) groups excluding carboxylic acids is 1. The van der Waals surface area contributed by atoms with Crippen LogP contribution in [0.15, 0.2) is 21.1 Å². The Morgan fingerprint density at radius 3 is 2.43 bits per heavy atom. The molecule has 5 heteroatoms. The molecule has 0 radical (unpaired) electrons. The van der Waals surface area contributed by atoms with Crippen molar-refractivity contribution in [3.05, 3.63) is 31.7 Å². The van der Waals surface area contributed by atoms with Crippen LogP contribution in [0.3, 0.4) is 0 Å². The van der Waals surface area contributed by atoms with E-state index in [2.05, 4.69) is 31.9 Å². The second kappa shape index (κ2) is 4.64. The molecule has 0 saturated heterocycles. The Balaban J connectivity index is 3.27. The Morgan fingerprint density at radius 2 is 1.93 bits per heavy atom. The lowest BCUT2D eigenvalue weighted by atomic mass is 10.2. The normalized spacial score (nSPS) is 10.1. The third-order valence-corrected chi connectivity index (χ3v) is 3.35. The lowest BCUT2D eigenvalue weighted by Crippen LogP contribution is -2.22. The van der Waals surface area contributed by atoms with E-state index in [0.717, 1.165) is 4.47 Å². The molecule has 0 atom stereocenters. The van der Waals surface area contributed by atoms with Crippen LogP contribution in [0.2, 0.25) is 5.02 Å². The molecule has 1 amide bonds. The van der Waals surface area contributed by atoms with E-state index in [-0.39, 0.29) is 5.91 Å². The van der Waals surface area contributed by atoms with Crippen LogP contribution in [0.25, 0.3) is 0 Å². The molecule has 0 saturated carbocycles. The van der Waals surface area contributed by atoms with E-state index < -0.39 is 0 Å². The summed E-state index contributed by atoms with van der Waals surface area (Å²) in [5.41, 5.74) is 0.484. The molecule has 1 aromatic carbocycles. The first-order valence-electron chi connectivity index (χ1n) is 3.79. The fraction of sp³-hybridized carbons (Fsp3) is 0.222. The van der Waals surface area contributed by atoms with Crippen molar-refractivity contribution in [2.24, 2.45) is 0 Å². The van der Waals surface area contributed by atoms with Crippen LogP contribution >= 0.6 is 43.5 Å². The van der Waals surface area contributed by atoms with Gasteiger partial charge < -0.3 is 4.90 Å². The number of hydrogen-bond acceptors (Lipinski definition) is 1. The molecular weight excluding hydrogens is 333 g/mol. The number of halogens is 3. The molecular formula is C9H8Br2ClNO. The summed E-state index contributed by atoms with van der Waals surface area (Å²) in [5.74, 6) is -0.114. The van der Waals surface area contributed by atoms with Crippen molar-refractivity contribution in [2.45, 2.75) is 0 Å². The highest BCUT2D eigenvalue weighted by Crippen LogP contribution is 2.30. The minimum atomic E-state index is -0.114. The van der Waals surface area contributed by atoms with E-state index in [0.29, 0.717) is 15.1 Å². The van der Waals surface area contributed by atoms with Crippen molar-refractivity contribution in [3.63, 3.8) is 0 Å². The number of benzene rings is 1. The van der Waals surface area contributed by atoms with E-state index in [9.17, 15) is 4.79 Å². The van der Waals surface area contributed by atoms with Crippen LogP contribution in [0.4, 0.5) is 0 Å². The van der Waals surface area contributed by atoms with E-state index in [1.165, 1.54) is 4.90 Å². The van der Waals surface area contributed by atoms with Gasteiger partial charge in [-0.15, -0.1) is 0 Å². The molecule has 0 aliphatic rings. The first-order valence-corrected chi connectivity index (χ1v) is 5.76. The zero-order chi connectivity index (χ0) is 10.9. The Bertz CT molecular complexity index is 379. The number of carbonyl (C=O) groups is 1. The number of nitrogens with zero attached hydrogens (tertiary/aromatic N) is 1. The number of rotatable bonds is 1. The van der Waals surface area contributed by atoms with Gasteiger partial charge in [-0.1, -0.05) is 27.5 Å². The molecule has 0 bridgehead atoms. The lowest BCUT2D eigenvalue weighted by Gasteiger charge is -2.12. The second-order valence-corrected chi connectivity index (χ2v) is 5.10. The average molecular weight is 341 g/mol. The zero-order valence-electron chi connectivity index (χ0n) is 7.64. The maximum Gasteiger partial charge on any atom is 0.254 e. The van der Waals surface area contributed by atoms with Gasteiger partial charge in [-0.25, -0.2) is 0 Å². The van der Waals surface area contributed by atoms with Gasteiger partial charge in [0, 0.05) is 23.0 Å². The van der Waals surface area contributed by atoms with E-state index in [4.69, 9.17) is 11.6 Å². The topological polar surface area (TPSA) is 20.3 Å². The summed E-state index contributed by atoms with van der Waals surface area (Å²) in [6.45, 7) is 0. The highest BCUT2D eigenvalue weighted by atomic mass is 79.9. The molecule has 1 aromatic rings. The monoisotopic (exact) mass is 339 g/mol. The summed E-state index contributed by atoms with van der Waals surface area (Å²) in [6.07, 6.45) is 0. The van der Waals surface area contributed by atoms with Crippen molar-refractivity contribution < 1.29 is 4.79 Å². The van der Waals surface area contributed by atoms with Gasteiger partial charge in [-0.2, -0.15) is 0 Å². The zero-order valence-corrected chi connectivity index (χ0v) is 11.6. The maximum atomic E-state index is 11.7.